The lowest BCUT2D eigenvalue weighted by molar-refractivity contribution is 0.0672. The fourth-order valence-corrected chi connectivity index (χ4v) is 7.15. The highest BCUT2D eigenvalue weighted by Gasteiger charge is 2.38. The molecule has 0 aromatic rings. The first-order valence-corrected chi connectivity index (χ1v) is 19.4. The summed E-state index contributed by atoms with van der Waals surface area (Å²) in [5.74, 6) is 2.37. The van der Waals surface area contributed by atoms with Crippen LogP contribution in [0.25, 0.3) is 0 Å². The van der Waals surface area contributed by atoms with E-state index in [0.29, 0.717) is 0 Å². The first kappa shape index (κ1) is 41.2. The minimum atomic E-state index is 0.166. The second-order valence-corrected chi connectivity index (χ2v) is 16.4. The summed E-state index contributed by atoms with van der Waals surface area (Å²) < 4.78 is 0. The molecule has 0 radical (unpaired) electrons. The molecular formula is C37H71N3S2. The number of likely N-dealkylation sites (N-methyl/N-ethyl adjacent to an activating group) is 1. The number of hydrogen-bond donors (Lipinski definition) is 1. The predicted octanol–water partition coefficient (Wildman–Crippen LogP) is 11.1. The Morgan fingerprint density at radius 2 is 1.38 bits per heavy atom. The quantitative estimate of drug-likeness (QED) is 0.0507. The average molecular weight is 622 g/mol. The van der Waals surface area contributed by atoms with E-state index in [2.05, 4.69) is 103 Å². The van der Waals surface area contributed by atoms with E-state index in [4.69, 9.17) is 0 Å². The van der Waals surface area contributed by atoms with Crippen LogP contribution in [-0.2, 0) is 0 Å². The maximum absolute atomic E-state index is 4.55. The van der Waals surface area contributed by atoms with E-state index in [-0.39, 0.29) is 10.8 Å². The topological polar surface area (TPSA) is 18.5 Å². The Morgan fingerprint density at radius 1 is 0.738 bits per heavy atom. The highest BCUT2D eigenvalue weighted by molar-refractivity contribution is 8.76. The van der Waals surface area contributed by atoms with Crippen LogP contribution in [-0.4, -0.2) is 61.6 Å². The minimum absolute atomic E-state index is 0.166. The summed E-state index contributed by atoms with van der Waals surface area (Å²) in [6, 6.07) is 0. The smallest absolute Gasteiger partial charge is 0.0271 e. The lowest BCUT2D eigenvalue weighted by Gasteiger charge is -2.46. The molecule has 0 aromatic heterocycles. The van der Waals surface area contributed by atoms with Gasteiger partial charge in [-0.2, -0.15) is 0 Å². The van der Waals surface area contributed by atoms with Gasteiger partial charge in [-0.1, -0.05) is 120 Å². The fraction of sp³-hybridized carbons (Fsp3) is 0.784. The van der Waals surface area contributed by atoms with E-state index < -0.39 is 0 Å². The van der Waals surface area contributed by atoms with Crippen molar-refractivity contribution in [2.75, 3.05) is 51.8 Å². The summed E-state index contributed by atoms with van der Waals surface area (Å²) in [4.78, 5) is 4.78. The first-order valence-electron chi connectivity index (χ1n) is 16.9. The van der Waals surface area contributed by atoms with Gasteiger partial charge in [-0.25, -0.2) is 0 Å². The van der Waals surface area contributed by atoms with E-state index in [9.17, 15) is 0 Å². The molecule has 0 saturated heterocycles. The highest BCUT2D eigenvalue weighted by Crippen LogP contribution is 2.44. The third kappa shape index (κ3) is 21.0. The molecule has 0 aliphatic carbocycles. The third-order valence-corrected chi connectivity index (χ3v) is 11.1. The number of unbranched alkanes of at least 4 members (excludes halogenated alkanes) is 4. The summed E-state index contributed by atoms with van der Waals surface area (Å²) >= 11 is 0. The summed E-state index contributed by atoms with van der Waals surface area (Å²) in [6.07, 6.45) is 20.4. The summed E-state index contributed by atoms with van der Waals surface area (Å²) in [5.41, 5.74) is 4.23. The van der Waals surface area contributed by atoms with E-state index in [0.717, 1.165) is 64.7 Å². The van der Waals surface area contributed by atoms with Gasteiger partial charge in [0.25, 0.3) is 0 Å². The van der Waals surface area contributed by atoms with Gasteiger partial charge in [0.15, 0.2) is 0 Å². The van der Waals surface area contributed by atoms with Crippen LogP contribution in [0.2, 0.25) is 0 Å². The predicted molar refractivity (Wildman–Crippen MR) is 199 cm³/mol. The molecule has 0 aliphatic heterocycles. The van der Waals surface area contributed by atoms with Crippen molar-refractivity contribution >= 4 is 21.6 Å². The summed E-state index contributed by atoms with van der Waals surface area (Å²) in [7, 11) is 8.23. The number of nitrogens with zero attached hydrogens (tertiary/aromatic N) is 2. The molecule has 5 heteroatoms. The Balaban J connectivity index is 4.42. The molecule has 0 fully saturated rings. The monoisotopic (exact) mass is 622 g/mol. The number of hydrogen-bond acceptors (Lipinski definition) is 5. The lowest BCUT2D eigenvalue weighted by Crippen LogP contribution is -2.43. The molecule has 0 unspecified atom stereocenters. The average Bonchev–Trinajstić information content (AvgIpc) is 2.90. The molecule has 0 bridgehead atoms. The molecule has 42 heavy (non-hydrogen) atoms. The Labute approximate surface area is 272 Å². The van der Waals surface area contributed by atoms with Crippen LogP contribution >= 0.6 is 21.6 Å². The van der Waals surface area contributed by atoms with Gasteiger partial charge in [0, 0.05) is 49.1 Å². The van der Waals surface area contributed by atoms with E-state index in [1.165, 1.54) is 73.4 Å². The van der Waals surface area contributed by atoms with Crippen molar-refractivity contribution in [3.8, 4) is 0 Å². The van der Waals surface area contributed by atoms with Crippen LogP contribution in [0, 0.1) is 10.8 Å². The van der Waals surface area contributed by atoms with Crippen molar-refractivity contribution in [1.29, 1.82) is 0 Å². The molecule has 0 aliphatic rings. The van der Waals surface area contributed by atoms with Gasteiger partial charge < -0.3 is 15.1 Å². The molecule has 0 rings (SSSR count). The van der Waals surface area contributed by atoms with E-state index in [1.54, 1.807) is 0 Å². The SMILES string of the molecule is C=C(CC/C=C\CCCCCC)CC(C)(C)C(C)(C)CN(CCC)C(=C)CCCSSCCCC(=C)NCCN(C)C. The molecule has 0 heterocycles. The zero-order valence-corrected chi connectivity index (χ0v) is 31.1. The van der Waals surface area contributed by atoms with Crippen LogP contribution in [0.1, 0.15) is 125 Å². The van der Waals surface area contributed by atoms with Crippen LogP contribution in [0.15, 0.2) is 48.9 Å². The normalized spacial score (nSPS) is 12.3. The van der Waals surface area contributed by atoms with Gasteiger partial charge >= 0.3 is 0 Å². The molecule has 246 valence electrons. The van der Waals surface area contributed by atoms with Crippen molar-refractivity contribution in [3.05, 3.63) is 48.9 Å². The zero-order chi connectivity index (χ0) is 31.9. The molecule has 0 aromatic carbocycles. The number of rotatable bonds is 29. The molecular weight excluding hydrogens is 551 g/mol. The van der Waals surface area contributed by atoms with Gasteiger partial charge in [0.1, 0.15) is 0 Å². The van der Waals surface area contributed by atoms with Crippen molar-refractivity contribution < 1.29 is 0 Å². The second kappa shape index (κ2) is 24.5. The fourth-order valence-electron chi connectivity index (χ4n) is 4.98. The zero-order valence-electron chi connectivity index (χ0n) is 29.4. The number of allylic oxidation sites excluding steroid dienone is 5. The van der Waals surface area contributed by atoms with Crippen LogP contribution in [0.4, 0.5) is 0 Å². The first-order chi connectivity index (χ1) is 19.9. The van der Waals surface area contributed by atoms with Crippen LogP contribution < -0.4 is 5.32 Å². The molecule has 0 spiro atoms. The van der Waals surface area contributed by atoms with Crippen molar-refractivity contribution in [1.82, 2.24) is 15.1 Å². The summed E-state index contributed by atoms with van der Waals surface area (Å²) in [5, 5.41) is 3.44. The van der Waals surface area contributed by atoms with Crippen LogP contribution in [0.5, 0.6) is 0 Å². The Bertz CT molecular complexity index is 754. The van der Waals surface area contributed by atoms with Gasteiger partial charge in [0.05, 0.1) is 0 Å². The van der Waals surface area contributed by atoms with Gasteiger partial charge in [-0.15, -0.1) is 0 Å². The maximum atomic E-state index is 4.55. The largest absolute Gasteiger partial charge is 0.388 e. The van der Waals surface area contributed by atoms with Gasteiger partial charge in [-0.05, 0) is 89.1 Å². The lowest BCUT2D eigenvalue weighted by atomic mass is 9.64. The molecule has 0 atom stereocenters. The molecule has 3 nitrogen and oxygen atoms in total. The minimum Gasteiger partial charge on any atom is -0.388 e. The standard InChI is InChI=1S/C37H71N3S2/c1-12-14-15-16-17-18-19-20-23-33(3)31-36(6,7)37(8,9)32-40(27-13-2)35(5)25-22-30-42-41-29-21-24-34(4)38-26-28-39(10)11/h18-19,38H,3-5,12-17,20-32H2,1-2,6-11H3/b19-18-. The van der Waals surface area contributed by atoms with E-state index >= 15 is 0 Å². The Kier molecular flexibility index (Phi) is 24.1. The van der Waals surface area contributed by atoms with E-state index in [1.807, 2.05) is 21.6 Å². The van der Waals surface area contributed by atoms with Gasteiger partial charge in [0.2, 0.25) is 0 Å². The number of nitrogens with one attached hydrogen (secondary N) is 1. The van der Waals surface area contributed by atoms with Crippen LogP contribution in [0.3, 0.4) is 0 Å². The van der Waals surface area contributed by atoms with Gasteiger partial charge in [-0.3, -0.25) is 0 Å². The third-order valence-electron chi connectivity index (χ3n) is 8.52. The Hall–Kier alpha value is -0.780. The van der Waals surface area contributed by atoms with Crippen molar-refractivity contribution in [2.24, 2.45) is 10.8 Å². The van der Waals surface area contributed by atoms with Crippen molar-refractivity contribution in [3.63, 3.8) is 0 Å². The Morgan fingerprint density at radius 3 is 2.00 bits per heavy atom. The molecule has 0 saturated carbocycles. The summed E-state index contributed by atoms with van der Waals surface area (Å²) in [6.45, 7) is 31.7. The molecule has 0 amide bonds. The second-order valence-electron chi connectivity index (χ2n) is 13.7. The molecule has 1 N–H and O–H groups in total. The van der Waals surface area contributed by atoms with Crippen molar-refractivity contribution in [2.45, 2.75) is 125 Å². The maximum Gasteiger partial charge on any atom is 0.0271 e. The highest BCUT2D eigenvalue weighted by atomic mass is 33.1.